The number of benzene rings is 1. The van der Waals surface area contributed by atoms with E-state index in [2.05, 4.69) is 22.0 Å². The maximum Gasteiger partial charge on any atom is 0.123 e. The predicted octanol–water partition coefficient (Wildman–Crippen LogP) is 3.58. The fraction of sp³-hybridized carbons (Fsp3) is 0.684. The van der Waals surface area contributed by atoms with Crippen molar-refractivity contribution in [3.8, 4) is 0 Å². The highest BCUT2D eigenvalue weighted by Gasteiger charge is 2.27. The molecule has 2 aliphatic rings. The fourth-order valence-corrected chi connectivity index (χ4v) is 4.02. The highest BCUT2D eigenvalue weighted by Crippen LogP contribution is 2.23. The van der Waals surface area contributed by atoms with Crippen LogP contribution in [0.2, 0.25) is 0 Å². The van der Waals surface area contributed by atoms with Gasteiger partial charge in [0.05, 0.1) is 0 Å². The Bertz CT molecular complexity index is 460. The number of hydrogen-bond donors (Lipinski definition) is 1. The number of piperidine rings is 2. The van der Waals surface area contributed by atoms with E-state index in [-0.39, 0.29) is 5.82 Å². The van der Waals surface area contributed by atoms with Crippen molar-refractivity contribution in [2.24, 2.45) is 0 Å². The summed E-state index contributed by atoms with van der Waals surface area (Å²) in [6, 6.07) is 8.05. The first-order valence-corrected chi connectivity index (χ1v) is 9.23. The summed E-state index contributed by atoms with van der Waals surface area (Å²) in [7, 11) is 0. The van der Waals surface area contributed by atoms with Gasteiger partial charge in [-0.05, 0) is 76.0 Å². The molecule has 0 atom stereocenters. The van der Waals surface area contributed by atoms with E-state index in [1.807, 2.05) is 12.1 Å². The quantitative estimate of drug-likeness (QED) is 0.895. The Morgan fingerprint density at radius 1 is 1.00 bits per heavy atom. The molecule has 0 unspecified atom stereocenters. The second kappa shape index (κ2) is 8.11. The summed E-state index contributed by atoms with van der Waals surface area (Å²) in [6.45, 7) is 8.45. The Morgan fingerprint density at radius 3 is 2.26 bits per heavy atom. The van der Waals surface area contributed by atoms with Gasteiger partial charge < -0.3 is 15.1 Å². The molecule has 1 aromatic rings. The van der Waals surface area contributed by atoms with Crippen molar-refractivity contribution in [2.75, 3.05) is 38.0 Å². The lowest BCUT2D eigenvalue weighted by Gasteiger charge is -2.42. The Balaban J connectivity index is 1.41. The standard InChI is InChI=1S/C19H30FN3/c1-2-11-22-12-9-19(10-13-22)23-14-7-18(8-15-23)21-17-5-3-16(20)4-6-17/h3-6,18-19,21H,2,7-15H2,1H3. The summed E-state index contributed by atoms with van der Waals surface area (Å²) in [6.07, 6.45) is 6.30. The van der Waals surface area contributed by atoms with Crippen molar-refractivity contribution in [1.82, 2.24) is 9.80 Å². The van der Waals surface area contributed by atoms with Crippen LogP contribution in [0.1, 0.15) is 39.0 Å². The third-order valence-corrected chi connectivity index (χ3v) is 5.36. The zero-order valence-corrected chi connectivity index (χ0v) is 14.3. The summed E-state index contributed by atoms with van der Waals surface area (Å²) in [4.78, 5) is 5.31. The number of likely N-dealkylation sites (tertiary alicyclic amines) is 2. The third-order valence-electron chi connectivity index (χ3n) is 5.36. The minimum Gasteiger partial charge on any atom is -0.382 e. The van der Waals surface area contributed by atoms with E-state index in [1.54, 1.807) is 0 Å². The molecule has 1 N–H and O–H groups in total. The Labute approximate surface area is 139 Å². The molecule has 0 radical (unpaired) electrons. The van der Waals surface area contributed by atoms with Crippen molar-refractivity contribution in [2.45, 2.75) is 51.1 Å². The van der Waals surface area contributed by atoms with Gasteiger partial charge in [0, 0.05) is 30.9 Å². The molecule has 2 aliphatic heterocycles. The molecule has 2 saturated heterocycles. The topological polar surface area (TPSA) is 18.5 Å². The zero-order valence-electron chi connectivity index (χ0n) is 14.3. The van der Waals surface area contributed by atoms with Crippen LogP contribution in [-0.4, -0.2) is 54.6 Å². The number of rotatable bonds is 5. The molecule has 0 aliphatic carbocycles. The molecule has 3 nitrogen and oxygen atoms in total. The number of anilines is 1. The maximum absolute atomic E-state index is 13.0. The molecule has 23 heavy (non-hydrogen) atoms. The van der Waals surface area contributed by atoms with Gasteiger partial charge >= 0.3 is 0 Å². The Hall–Kier alpha value is -1.13. The van der Waals surface area contributed by atoms with Crippen molar-refractivity contribution >= 4 is 5.69 Å². The SMILES string of the molecule is CCCN1CCC(N2CCC(Nc3ccc(F)cc3)CC2)CC1. The zero-order chi connectivity index (χ0) is 16.1. The number of hydrogen-bond acceptors (Lipinski definition) is 3. The Kier molecular flexibility index (Phi) is 5.90. The van der Waals surface area contributed by atoms with Crippen LogP contribution in [0.25, 0.3) is 0 Å². The molecule has 1 aromatic carbocycles. The molecule has 0 bridgehead atoms. The van der Waals surface area contributed by atoms with Crippen LogP contribution in [0.3, 0.4) is 0 Å². The average Bonchev–Trinajstić information content (AvgIpc) is 2.59. The van der Waals surface area contributed by atoms with E-state index < -0.39 is 0 Å². The number of nitrogens with one attached hydrogen (secondary N) is 1. The van der Waals surface area contributed by atoms with Gasteiger partial charge in [-0.1, -0.05) is 6.92 Å². The molecular weight excluding hydrogens is 289 g/mol. The number of nitrogens with zero attached hydrogens (tertiary/aromatic N) is 2. The first-order chi connectivity index (χ1) is 11.2. The monoisotopic (exact) mass is 319 g/mol. The van der Waals surface area contributed by atoms with Gasteiger partial charge in [-0.25, -0.2) is 4.39 Å². The van der Waals surface area contributed by atoms with E-state index in [1.165, 1.54) is 77.0 Å². The van der Waals surface area contributed by atoms with Gasteiger partial charge in [-0.2, -0.15) is 0 Å². The normalized spacial score (nSPS) is 22.3. The molecule has 128 valence electrons. The average molecular weight is 319 g/mol. The lowest BCUT2D eigenvalue weighted by molar-refractivity contribution is 0.0898. The maximum atomic E-state index is 13.0. The highest BCUT2D eigenvalue weighted by atomic mass is 19.1. The van der Waals surface area contributed by atoms with E-state index in [4.69, 9.17) is 0 Å². The second-order valence-corrected chi connectivity index (χ2v) is 7.03. The van der Waals surface area contributed by atoms with E-state index in [0.717, 1.165) is 11.7 Å². The van der Waals surface area contributed by atoms with Gasteiger partial charge in [-0.15, -0.1) is 0 Å². The van der Waals surface area contributed by atoms with Gasteiger partial charge in [0.25, 0.3) is 0 Å². The number of halogens is 1. The predicted molar refractivity (Wildman–Crippen MR) is 94.4 cm³/mol. The molecular formula is C19H30FN3. The molecule has 0 amide bonds. The minimum atomic E-state index is -0.167. The third kappa shape index (κ3) is 4.67. The summed E-state index contributed by atoms with van der Waals surface area (Å²) < 4.78 is 13.0. The van der Waals surface area contributed by atoms with Crippen molar-refractivity contribution in [3.63, 3.8) is 0 Å². The summed E-state index contributed by atoms with van der Waals surface area (Å²) >= 11 is 0. The summed E-state index contributed by atoms with van der Waals surface area (Å²) in [5.74, 6) is -0.167. The minimum absolute atomic E-state index is 0.167. The lowest BCUT2D eigenvalue weighted by Crippen LogP contribution is -2.49. The first kappa shape index (κ1) is 16.7. The molecule has 4 heteroatoms. The highest BCUT2D eigenvalue weighted by molar-refractivity contribution is 5.43. The smallest absolute Gasteiger partial charge is 0.123 e. The lowest BCUT2D eigenvalue weighted by atomic mass is 9.97. The van der Waals surface area contributed by atoms with Crippen LogP contribution in [-0.2, 0) is 0 Å². The largest absolute Gasteiger partial charge is 0.382 e. The van der Waals surface area contributed by atoms with Crippen LogP contribution in [0.15, 0.2) is 24.3 Å². The molecule has 0 aromatic heterocycles. The van der Waals surface area contributed by atoms with Crippen LogP contribution in [0, 0.1) is 5.82 Å². The van der Waals surface area contributed by atoms with Crippen molar-refractivity contribution in [1.29, 1.82) is 0 Å². The first-order valence-electron chi connectivity index (χ1n) is 9.23. The summed E-state index contributed by atoms with van der Waals surface area (Å²) in [5.41, 5.74) is 1.04. The second-order valence-electron chi connectivity index (χ2n) is 7.03. The summed E-state index contributed by atoms with van der Waals surface area (Å²) in [5, 5.41) is 3.55. The van der Waals surface area contributed by atoms with Gasteiger partial charge in [0.1, 0.15) is 5.82 Å². The van der Waals surface area contributed by atoms with Gasteiger partial charge in [0.2, 0.25) is 0 Å². The van der Waals surface area contributed by atoms with E-state index in [9.17, 15) is 4.39 Å². The molecule has 0 saturated carbocycles. The van der Waals surface area contributed by atoms with E-state index >= 15 is 0 Å². The van der Waals surface area contributed by atoms with Crippen molar-refractivity contribution < 1.29 is 4.39 Å². The van der Waals surface area contributed by atoms with Crippen LogP contribution < -0.4 is 5.32 Å². The molecule has 2 fully saturated rings. The fourth-order valence-electron chi connectivity index (χ4n) is 4.02. The van der Waals surface area contributed by atoms with Crippen LogP contribution in [0.5, 0.6) is 0 Å². The van der Waals surface area contributed by atoms with E-state index in [0.29, 0.717) is 6.04 Å². The van der Waals surface area contributed by atoms with Gasteiger partial charge in [0.15, 0.2) is 0 Å². The van der Waals surface area contributed by atoms with Crippen LogP contribution in [0.4, 0.5) is 10.1 Å². The Morgan fingerprint density at radius 2 is 1.65 bits per heavy atom. The van der Waals surface area contributed by atoms with Gasteiger partial charge in [-0.3, -0.25) is 0 Å². The van der Waals surface area contributed by atoms with Crippen molar-refractivity contribution in [3.05, 3.63) is 30.1 Å². The molecule has 2 heterocycles. The van der Waals surface area contributed by atoms with Crippen LogP contribution >= 0.6 is 0 Å². The molecule has 0 spiro atoms. The molecule has 3 rings (SSSR count).